The average molecular weight is 236 g/mol. The lowest BCUT2D eigenvalue weighted by molar-refractivity contribution is 0.275. The van der Waals surface area contributed by atoms with Crippen LogP contribution in [-0.2, 0) is 6.61 Å². The standard InChI is InChI=1S/C12H16N2O3/c1-7-9(13-2-3-13)12(17)8(6-15)10(11(7)16)14-4-5-14/h15-17H,2-6H2,1H3. The number of phenolic OH excluding ortho intramolecular Hbond substituents is 1. The molecule has 17 heavy (non-hydrogen) atoms. The molecule has 0 saturated carbocycles. The number of aliphatic hydroxyl groups excluding tert-OH is 1. The van der Waals surface area contributed by atoms with Gasteiger partial charge in [-0.25, -0.2) is 0 Å². The van der Waals surface area contributed by atoms with Crippen molar-refractivity contribution >= 4 is 11.4 Å². The van der Waals surface area contributed by atoms with E-state index in [0.29, 0.717) is 22.5 Å². The highest BCUT2D eigenvalue weighted by atomic mass is 16.3. The first-order valence-corrected chi connectivity index (χ1v) is 5.83. The molecule has 2 aliphatic rings. The van der Waals surface area contributed by atoms with Gasteiger partial charge in [-0.05, 0) is 6.92 Å². The molecule has 0 spiro atoms. The van der Waals surface area contributed by atoms with E-state index >= 15 is 0 Å². The van der Waals surface area contributed by atoms with E-state index in [1.807, 2.05) is 9.80 Å². The van der Waals surface area contributed by atoms with Gasteiger partial charge in [0.15, 0.2) is 0 Å². The predicted molar refractivity (Wildman–Crippen MR) is 64.9 cm³/mol. The molecule has 0 amide bonds. The summed E-state index contributed by atoms with van der Waals surface area (Å²) in [5, 5.41) is 29.8. The lowest BCUT2D eigenvalue weighted by Crippen LogP contribution is -2.04. The van der Waals surface area contributed by atoms with E-state index < -0.39 is 0 Å². The van der Waals surface area contributed by atoms with E-state index in [9.17, 15) is 15.3 Å². The summed E-state index contributed by atoms with van der Waals surface area (Å²) in [6, 6.07) is 0. The molecule has 3 N–H and O–H groups in total. The van der Waals surface area contributed by atoms with Crippen molar-refractivity contribution in [2.45, 2.75) is 13.5 Å². The second-order valence-electron chi connectivity index (χ2n) is 4.63. The topological polar surface area (TPSA) is 66.7 Å². The summed E-state index contributed by atoms with van der Waals surface area (Å²) in [7, 11) is 0. The molecule has 0 radical (unpaired) electrons. The lowest BCUT2D eigenvalue weighted by Gasteiger charge is -2.20. The maximum absolute atomic E-state index is 10.2. The number of nitrogens with zero attached hydrogens (tertiary/aromatic N) is 2. The first-order valence-electron chi connectivity index (χ1n) is 5.83. The number of anilines is 2. The maximum atomic E-state index is 10.2. The molecular formula is C12H16N2O3. The molecule has 0 atom stereocenters. The number of aliphatic hydroxyl groups is 1. The van der Waals surface area contributed by atoms with Gasteiger partial charge in [-0.15, -0.1) is 0 Å². The molecule has 92 valence electrons. The smallest absolute Gasteiger partial charge is 0.147 e. The van der Waals surface area contributed by atoms with Gasteiger partial charge >= 0.3 is 0 Å². The Morgan fingerprint density at radius 3 is 1.94 bits per heavy atom. The van der Waals surface area contributed by atoms with Gasteiger partial charge in [0.25, 0.3) is 0 Å². The number of phenols is 2. The second-order valence-corrected chi connectivity index (χ2v) is 4.63. The Morgan fingerprint density at radius 2 is 1.47 bits per heavy atom. The molecule has 3 rings (SSSR count). The van der Waals surface area contributed by atoms with Crippen LogP contribution in [0, 0.1) is 6.92 Å². The highest BCUT2D eigenvalue weighted by Crippen LogP contribution is 2.50. The fraction of sp³-hybridized carbons (Fsp3) is 0.500. The number of hydrogen-bond donors (Lipinski definition) is 3. The van der Waals surface area contributed by atoms with Gasteiger partial charge in [0.05, 0.1) is 18.0 Å². The van der Waals surface area contributed by atoms with Crippen molar-refractivity contribution in [2.75, 3.05) is 36.0 Å². The molecule has 2 fully saturated rings. The average Bonchev–Trinajstić information content (AvgIpc) is 3.14. The quantitative estimate of drug-likeness (QED) is 0.528. The Labute approximate surface area is 99.5 Å². The summed E-state index contributed by atoms with van der Waals surface area (Å²) in [4.78, 5) is 3.93. The Hall–Kier alpha value is -1.62. The SMILES string of the molecule is Cc1c(O)c(N2CC2)c(CO)c(O)c1N1CC1. The lowest BCUT2D eigenvalue weighted by atomic mass is 10.0. The summed E-state index contributed by atoms with van der Waals surface area (Å²) >= 11 is 0. The van der Waals surface area contributed by atoms with Crippen molar-refractivity contribution in [2.24, 2.45) is 0 Å². The van der Waals surface area contributed by atoms with E-state index in [2.05, 4.69) is 0 Å². The molecule has 0 aliphatic carbocycles. The molecule has 0 bridgehead atoms. The van der Waals surface area contributed by atoms with Crippen LogP contribution in [0.15, 0.2) is 0 Å². The zero-order valence-corrected chi connectivity index (χ0v) is 9.77. The van der Waals surface area contributed by atoms with Gasteiger partial charge in [-0.1, -0.05) is 0 Å². The van der Waals surface area contributed by atoms with Crippen molar-refractivity contribution in [3.8, 4) is 11.5 Å². The van der Waals surface area contributed by atoms with Crippen molar-refractivity contribution < 1.29 is 15.3 Å². The zero-order chi connectivity index (χ0) is 12.2. The monoisotopic (exact) mass is 236 g/mol. The van der Waals surface area contributed by atoms with Crippen molar-refractivity contribution in [1.82, 2.24) is 0 Å². The van der Waals surface area contributed by atoms with E-state index in [0.717, 1.165) is 26.2 Å². The van der Waals surface area contributed by atoms with Crippen LogP contribution < -0.4 is 9.80 Å². The molecule has 2 heterocycles. The molecule has 1 aromatic rings. The van der Waals surface area contributed by atoms with Gasteiger partial charge < -0.3 is 25.1 Å². The molecule has 2 aliphatic heterocycles. The number of benzene rings is 1. The fourth-order valence-corrected chi connectivity index (χ4v) is 2.29. The third kappa shape index (κ3) is 1.50. The Balaban J connectivity index is 2.22. The number of hydrogen-bond acceptors (Lipinski definition) is 5. The second kappa shape index (κ2) is 3.43. The van der Waals surface area contributed by atoms with Crippen LogP contribution >= 0.6 is 0 Å². The van der Waals surface area contributed by atoms with Crippen molar-refractivity contribution in [3.63, 3.8) is 0 Å². The van der Waals surface area contributed by atoms with Crippen molar-refractivity contribution in [1.29, 1.82) is 0 Å². The van der Waals surface area contributed by atoms with Crippen LogP contribution in [0.1, 0.15) is 11.1 Å². The van der Waals surface area contributed by atoms with Crippen LogP contribution in [0.3, 0.4) is 0 Å². The largest absolute Gasteiger partial charge is 0.505 e. The van der Waals surface area contributed by atoms with Crippen LogP contribution in [0.25, 0.3) is 0 Å². The van der Waals surface area contributed by atoms with Gasteiger partial charge in [-0.3, -0.25) is 0 Å². The minimum absolute atomic E-state index is 0.113. The minimum Gasteiger partial charge on any atom is -0.505 e. The van der Waals surface area contributed by atoms with Gasteiger partial charge in [0.1, 0.15) is 11.5 Å². The number of rotatable bonds is 3. The zero-order valence-electron chi connectivity index (χ0n) is 9.77. The van der Waals surface area contributed by atoms with E-state index in [1.54, 1.807) is 6.92 Å². The summed E-state index contributed by atoms with van der Waals surface area (Å²) < 4.78 is 0. The Bertz CT molecular complexity index is 479. The highest BCUT2D eigenvalue weighted by molar-refractivity contribution is 5.83. The molecule has 2 saturated heterocycles. The molecule has 0 aromatic heterocycles. The van der Waals surface area contributed by atoms with Crippen LogP contribution in [0.2, 0.25) is 0 Å². The molecular weight excluding hydrogens is 220 g/mol. The third-order valence-corrected chi connectivity index (χ3v) is 3.42. The van der Waals surface area contributed by atoms with E-state index in [4.69, 9.17) is 0 Å². The third-order valence-electron chi connectivity index (χ3n) is 3.42. The molecule has 5 nitrogen and oxygen atoms in total. The predicted octanol–water partition coefficient (Wildman–Crippen LogP) is 0.539. The van der Waals surface area contributed by atoms with Crippen LogP contribution in [-0.4, -0.2) is 41.5 Å². The Morgan fingerprint density at radius 1 is 0.941 bits per heavy atom. The first-order chi connectivity index (χ1) is 8.15. The summed E-state index contributed by atoms with van der Waals surface area (Å²) in [5.74, 6) is 0.299. The van der Waals surface area contributed by atoms with Gasteiger partial charge in [0, 0.05) is 37.3 Å². The van der Waals surface area contributed by atoms with Gasteiger partial charge in [0.2, 0.25) is 0 Å². The number of aromatic hydroxyl groups is 2. The molecule has 0 unspecified atom stereocenters. The molecule has 1 aromatic carbocycles. The Kier molecular flexibility index (Phi) is 2.13. The van der Waals surface area contributed by atoms with Crippen molar-refractivity contribution in [3.05, 3.63) is 11.1 Å². The fourth-order valence-electron chi connectivity index (χ4n) is 2.29. The van der Waals surface area contributed by atoms with Gasteiger partial charge in [-0.2, -0.15) is 0 Å². The van der Waals surface area contributed by atoms with E-state index in [1.165, 1.54) is 0 Å². The summed E-state index contributed by atoms with van der Waals surface area (Å²) in [6.07, 6.45) is 0. The maximum Gasteiger partial charge on any atom is 0.147 e. The molecule has 5 heteroatoms. The van der Waals surface area contributed by atoms with Crippen LogP contribution in [0.4, 0.5) is 11.4 Å². The summed E-state index contributed by atoms with van der Waals surface area (Å²) in [5.41, 5.74) is 2.39. The van der Waals surface area contributed by atoms with Crippen LogP contribution in [0.5, 0.6) is 11.5 Å². The highest BCUT2D eigenvalue weighted by Gasteiger charge is 2.33. The summed E-state index contributed by atoms with van der Waals surface area (Å²) in [6.45, 7) is 5.05. The minimum atomic E-state index is -0.258. The van der Waals surface area contributed by atoms with E-state index in [-0.39, 0.29) is 18.1 Å². The first kappa shape index (κ1) is 10.5. The normalized spacial score (nSPS) is 17.5.